The Balaban J connectivity index is 0.00000312. The molecule has 1 aromatic carbocycles. The van der Waals surface area contributed by atoms with Gasteiger partial charge in [0.15, 0.2) is 0 Å². The Morgan fingerprint density at radius 1 is 1.04 bits per heavy atom. The summed E-state index contributed by atoms with van der Waals surface area (Å²) in [5.41, 5.74) is 8.09. The van der Waals surface area contributed by atoms with Gasteiger partial charge in [-0.1, -0.05) is 29.8 Å². The largest absolute Gasteiger partial charge is 0.337 e. The molecule has 25 heavy (non-hydrogen) atoms. The van der Waals surface area contributed by atoms with Crippen LogP contribution in [0.2, 0.25) is 0 Å². The van der Waals surface area contributed by atoms with Crippen LogP contribution in [0.25, 0.3) is 0 Å². The van der Waals surface area contributed by atoms with E-state index in [1.165, 1.54) is 0 Å². The van der Waals surface area contributed by atoms with Gasteiger partial charge in [-0.15, -0.1) is 12.4 Å². The zero-order valence-electron chi connectivity index (χ0n) is 15.3. The maximum atomic E-state index is 12.6. The van der Waals surface area contributed by atoms with E-state index in [0.29, 0.717) is 39.3 Å². The van der Waals surface area contributed by atoms with E-state index in [2.05, 4.69) is 0 Å². The Morgan fingerprint density at radius 2 is 1.52 bits per heavy atom. The molecular weight excluding hydrogens is 340 g/mol. The SMILES string of the molecule is CCN(CC)C(=O)N1CCN(C(=O)C(N)c2ccc(C)cc2)CC1.Cl. The molecule has 2 rings (SSSR count). The number of carbonyl (C=O) groups is 2. The van der Waals surface area contributed by atoms with Gasteiger partial charge in [0.25, 0.3) is 0 Å². The second kappa shape index (κ2) is 9.63. The highest BCUT2D eigenvalue weighted by Crippen LogP contribution is 2.16. The summed E-state index contributed by atoms with van der Waals surface area (Å²) in [4.78, 5) is 30.3. The molecule has 0 bridgehead atoms. The third-order valence-corrected chi connectivity index (χ3v) is 4.60. The summed E-state index contributed by atoms with van der Waals surface area (Å²) in [6, 6.07) is 7.13. The Hall–Kier alpha value is -1.79. The van der Waals surface area contributed by atoms with Crippen molar-refractivity contribution in [1.82, 2.24) is 14.7 Å². The maximum absolute atomic E-state index is 12.6. The molecule has 1 unspecified atom stereocenters. The van der Waals surface area contributed by atoms with Gasteiger partial charge >= 0.3 is 6.03 Å². The minimum absolute atomic E-state index is 0. The molecule has 0 aliphatic carbocycles. The average molecular weight is 369 g/mol. The zero-order chi connectivity index (χ0) is 17.7. The maximum Gasteiger partial charge on any atom is 0.320 e. The second-order valence-corrected chi connectivity index (χ2v) is 6.16. The average Bonchev–Trinajstić information content (AvgIpc) is 2.62. The molecular formula is C18H29ClN4O2. The Kier molecular flexibility index (Phi) is 8.19. The number of nitrogens with two attached hydrogens (primary N) is 1. The first kappa shape index (κ1) is 21.3. The summed E-state index contributed by atoms with van der Waals surface area (Å²) in [5, 5.41) is 0. The lowest BCUT2D eigenvalue weighted by Gasteiger charge is -2.38. The van der Waals surface area contributed by atoms with Crippen LogP contribution in [0.4, 0.5) is 4.79 Å². The fourth-order valence-electron chi connectivity index (χ4n) is 2.93. The number of carbonyl (C=O) groups excluding carboxylic acids is 2. The van der Waals surface area contributed by atoms with Crippen LogP contribution >= 0.6 is 12.4 Å². The monoisotopic (exact) mass is 368 g/mol. The number of halogens is 1. The fraction of sp³-hybridized carbons (Fsp3) is 0.556. The van der Waals surface area contributed by atoms with Crippen LogP contribution in [0, 0.1) is 6.92 Å². The zero-order valence-corrected chi connectivity index (χ0v) is 16.1. The third-order valence-electron chi connectivity index (χ3n) is 4.60. The van der Waals surface area contributed by atoms with Crippen molar-refractivity contribution >= 4 is 24.3 Å². The summed E-state index contributed by atoms with van der Waals surface area (Å²) in [7, 11) is 0. The summed E-state index contributed by atoms with van der Waals surface area (Å²) >= 11 is 0. The minimum atomic E-state index is -0.643. The predicted molar refractivity (Wildman–Crippen MR) is 102 cm³/mol. The van der Waals surface area contributed by atoms with E-state index in [-0.39, 0.29) is 24.3 Å². The van der Waals surface area contributed by atoms with Gasteiger partial charge in [0, 0.05) is 39.3 Å². The van der Waals surface area contributed by atoms with Crippen molar-refractivity contribution in [2.24, 2.45) is 5.73 Å². The van der Waals surface area contributed by atoms with E-state index in [9.17, 15) is 9.59 Å². The highest BCUT2D eigenvalue weighted by molar-refractivity contribution is 5.85. The highest BCUT2D eigenvalue weighted by atomic mass is 35.5. The third kappa shape index (κ3) is 5.09. The molecule has 1 fully saturated rings. The predicted octanol–water partition coefficient (Wildman–Crippen LogP) is 2.02. The molecule has 140 valence electrons. The van der Waals surface area contributed by atoms with Crippen molar-refractivity contribution in [3.8, 4) is 0 Å². The molecule has 0 spiro atoms. The van der Waals surface area contributed by atoms with Crippen LogP contribution in [0.3, 0.4) is 0 Å². The molecule has 6 nitrogen and oxygen atoms in total. The van der Waals surface area contributed by atoms with Crippen LogP contribution in [-0.4, -0.2) is 65.9 Å². The molecule has 0 saturated carbocycles. The lowest BCUT2D eigenvalue weighted by Crippen LogP contribution is -2.55. The van der Waals surface area contributed by atoms with E-state index >= 15 is 0 Å². The summed E-state index contributed by atoms with van der Waals surface area (Å²) in [5.74, 6) is -0.0752. The molecule has 0 aromatic heterocycles. The molecule has 3 amide bonds. The van der Waals surface area contributed by atoms with E-state index < -0.39 is 6.04 Å². The van der Waals surface area contributed by atoms with Gasteiger partial charge in [-0.2, -0.15) is 0 Å². The lowest BCUT2D eigenvalue weighted by atomic mass is 10.0. The van der Waals surface area contributed by atoms with Crippen LogP contribution in [0.1, 0.15) is 31.0 Å². The standard InChI is InChI=1S/C18H28N4O2.ClH/c1-4-20(5-2)18(24)22-12-10-21(11-13-22)17(23)16(19)15-8-6-14(3)7-9-15;/h6-9,16H,4-5,10-13,19H2,1-3H3;1H. The molecule has 1 aliphatic rings. The van der Waals surface area contributed by atoms with Gasteiger partial charge in [0.05, 0.1) is 0 Å². The van der Waals surface area contributed by atoms with Crippen LogP contribution in [0.5, 0.6) is 0 Å². The smallest absolute Gasteiger partial charge is 0.320 e. The number of amides is 3. The number of urea groups is 1. The number of nitrogens with zero attached hydrogens (tertiary/aromatic N) is 3. The molecule has 0 radical (unpaired) electrons. The number of aryl methyl sites for hydroxylation is 1. The molecule has 2 N–H and O–H groups in total. The molecule has 7 heteroatoms. The molecule has 1 saturated heterocycles. The summed E-state index contributed by atoms with van der Waals surface area (Å²) in [6.45, 7) is 9.53. The number of hydrogen-bond acceptors (Lipinski definition) is 3. The van der Waals surface area contributed by atoms with Crippen molar-refractivity contribution in [3.05, 3.63) is 35.4 Å². The number of rotatable bonds is 4. The van der Waals surface area contributed by atoms with Gasteiger partial charge < -0.3 is 20.4 Å². The fourth-order valence-corrected chi connectivity index (χ4v) is 2.93. The highest BCUT2D eigenvalue weighted by Gasteiger charge is 2.29. The normalized spacial score (nSPS) is 15.4. The quantitative estimate of drug-likeness (QED) is 0.883. The molecule has 1 aromatic rings. The van der Waals surface area contributed by atoms with Crippen LogP contribution in [0.15, 0.2) is 24.3 Å². The van der Waals surface area contributed by atoms with Gasteiger partial charge in [-0.3, -0.25) is 4.79 Å². The minimum Gasteiger partial charge on any atom is -0.337 e. The van der Waals surface area contributed by atoms with Gasteiger partial charge in [-0.05, 0) is 26.3 Å². The first-order chi connectivity index (χ1) is 11.5. The lowest BCUT2D eigenvalue weighted by molar-refractivity contribution is -0.134. The number of benzene rings is 1. The van der Waals surface area contributed by atoms with E-state index in [1.807, 2.05) is 49.9 Å². The Labute approximate surface area is 156 Å². The summed E-state index contributed by atoms with van der Waals surface area (Å²) < 4.78 is 0. The number of hydrogen-bond donors (Lipinski definition) is 1. The van der Waals surface area contributed by atoms with Crippen molar-refractivity contribution in [2.75, 3.05) is 39.3 Å². The first-order valence-electron chi connectivity index (χ1n) is 8.62. The van der Waals surface area contributed by atoms with E-state index in [0.717, 1.165) is 11.1 Å². The first-order valence-corrected chi connectivity index (χ1v) is 8.62. The van der Waals surface area contributed by atoms with Crippen molar-refractivity contribution in [2.45, 2.75) is 26.8 Å². The Bertz CT molecular complexity index is 567. The van der Waals surface area contributed by atoms with Crippen molar-refractivity contribution in [3.63, 3.8) is 0 Å². The van der Waals surface area contributed by atoms with Crippen molar-refractivity contribution in [1.29, 1.82) is 0 Å². The van der Waals surface area contributed by atoms with Crippen LogP contribution < -0.4 is 5.73 Å². The van der Waals surface area contributed by atoms with E-state index in [4.69, 9.17) is 5.73 Å². The molecule has 1 heterocycles. The number of piperazine rings is 1. The summed E-state index contributed by atoms with van der Waals surface area (Å²) in [6.07, 6.45) is 0. The van der Waals surface area contributed by atoms with Crippen molar-refractivity contribution < 1.29 is 9.59 Å². The molecule has 1 aliphatic heterocycles. The second-order valence-electron chi connectivity index (χ2n) is 6.16. The van der Waals surface area contributed by atoms with Gasteiger partial charge in [0.1, 0.15) is 6.04 Å². The van der Waals surface area contributed by atoms with Crippen LogP contribution in [-0.2, 0) is 4.79 Å². The van der Waals surface area contributed by atoms with E-state index in [1.54, 1.807) is 9.80 Å². The Morgan fingerprint density at radius 3 is 2.00 bits per heavy atom. The molecule has 1 atom stereocenters. The van der Waals surface area contributed by atoms with Gasteiger partial charge in [0.2, 0.25) is 5.91 Å². The van der Waals surface area contributed by atoms with Gasteiger partial charge in [-0.25, -0.2) is 4.79 Å². The topological polar surface area (TPSA) is 69.9 Å².